The fourth-order valence-electron chi connectivity index (χ4n) is 2.87. The number of hydrogen-bond donors (Lipinski definition) is 2. The molecule has 2 N–H and O–H groups in total. The zero-order chi connectivity index (χ0) is 13.6. The normalized spacial score (nSPS) is 24.3. The van der Waals surface area contributed by atoms with E-state index < -0.39 is 0 Å². The van der Waals surface area contributed by atoms with Gasteiger partial charge in [0, 0.05) is 19.1 Å². The fourth-order valence-corrected chi connectivity index (χ4v) is 2.87. The Kier molecular flexibility index (Phi) is 6.09. The fraction of sp³-hybridized carbons (Fsp3) is 0.929. The SMILES string of the molecule is CCC(CC)N(CCO)C(=O)C1(C)CCCNC1. The molecule has 0 aliphatic carbocycles. The number of hydrogen-bond acceptors (Lipinski definition) is 3. The van der Waals surface area contributed by atoms with Gasteiger partial charge in [-0.25, -0.2) is 0 Å². The Hall–Kier alpha value is -0.610. The van der Waals surface area contributed by atoms with Crippen molar-refractivity contribution in [2.24, 2.45) is 5.41 Å². The molecule has 1 atom stereocenters. The van der Waals surface area contributed by atoms with Crippen molar-refractivity contribution in [3.8, 4) is 0 Å². The van der Waals surface area contributed by atoms with Gasteiger partial charge in [0.05, 0.1) is 12.0 Å². The predicted molar refractivity (Wildman–Crippen MR) is 73.4 cm³/mol. The van der Waals surface area contributed by atoms with E-state index in [4.69, 9.17) is 0 Å². The third kappa shape index (κ3) is 3.45. The number of carbonyl (C=O) groups excluding carboxylic acids is 1. The molecule has 0 radical (unpaired) electrons. The van der Waals surface area contributed by atoms with Gasteiger partial charge in [0.1, 0.15) is 0 Å². The maximum Gasteiger partial charge on any atom is 0.230 e. The predicted octanol–water partition coefficient (Wildman–Crippen LogP) is 1.39. The van der Waals surface area contributed by atoms with Gasteiger partial charge in [0.15, 0.2) is 0 Å². The number of nitrogens with one attached hydrogen (secondary N) is 1. The van der Waals surface area contributed by atoms with Crippen LogP contribution in [-0.2, 0) is 4.79 Å². The molecule has 0 aromatic rings. The number of nitrogens with zero attached hydrogens (tertiary/aromatic N) is 1. The molecule has 1 aliphatic rings. The number of aliphatic hydroxyl groups is 1. The average Bonchev–Trinajstić information content (AvgIpc) is 2.39. The molecule has 4 heteroatoms. The highest BCUT2D eigenvalue weighted by atomic mass is 16.3. The van der Waals surface area contributed by atoms with Crippen LogP contribution in [0, 0.1) is 5.41 Å². The van der Waals surface area contributed by atoms with Gasteiger partial charge in [0.25, 0.3) is 0 Å². The first-order chi connectivity index (χ1) is 8.59. The summed E-state index contributed by atoms with van der Waals surface area (Å²) in [7, 11) is 0. The Bertz CT molecular complexity index is 259. The van der Waals surface area contributed by atoms with E-state index in [-0.39, 0.29) is 24.0 Å². The maximum atomic E-state index is 12.7. The van der Waals surface area contributed by atoms with Crippen molar-refractivity contribution in [1.82, 2.24) is 10.2 Å². The standard InChI is InChI=1S/C14H28N2O2/c1-4-12(5-2)16(9-10-17)13(18)14(3)7-6-8-15-11-14/h12,15,17H,4-11H2,1-3H3. The van der Waals surface area contributed by atoms with Crippen LogP contribution in [0.2, 0.25) is 0 Å². The second-order valence-electron chi connectivity index (χ2n) is 5.53. The van der Waals surface area contributed by atoms with Gasteiger partial charge >= 0.3 is 0 Å². The van der Waals surface area contributed by atoms with Crippen LogP contribution in [-0.4, -0.2) is 48.2 Å². The van der Waals surface area contributed by atoms with Crippen molar-refractivity contribution >= 4 is 5.91 Å². The summed E-state index contributed by atoms with van der Waals surface area (Å²) in [4.78, 5) is 14.6. The zero-order valence-electron chi connectivity index (χ0n) is 12.0. The van der Waals surface area contributed by atoms with E-state index in [1.54, 1.807) is 0 Å². The minimum atomic E-state index is -0.296. The molecular formula is C14H28N2O2. The van der Waals surface area contributed by atoms with Crippen LogP contribution in [0.1, 0.15) is 46.5 Å². The molecule has 18 heavy (non-hydrogen) atoms. The second kappa shape index (κ2) is 7.10. The topological polar surface area (TPSA) is 52.6 Å². The molecule has 4 nitrogen and oxygen atoms in total. The largest absolute Gasteiger partial charge is 0.395 e. The molecule has 1 saturated heterocycles. The summed E-state index contributed by atoms with van der Waals surface area (Å²) >= 11 is 0. The molecule has 1 rings (SSSR count). The van der Waals surface area contributed by atoms with Gasteiger partial charge in [-0.2, -0.15) is 0 Å². The molecular weight excluding hydrogens is 228 g/mol. The molecule has 1 unspecified atom stereocenters. The first-order valence-corrected chi connectivity index (χ1v) is 7.21. The Balaban J connectivity index is 2.80. The lowest BCUT2D eigenvalue weighted by Gasteiger charge is -2.40. The van der Waals surface area contributed by atoms with Gasteiger partial charge in [-0.15, -0.1) is 0 Å². The lowest BCUT2D eigenvalue weighted by Crippen LogP contribution is -2.53. The minimum Gasteiger partial charge on any atom is -0.395 e. The summed E-state index contributed by atoms with van der Waals surface area (Å²) in [5.41, 5.74) is -0.296. The number of rotatable bonds is 6. The van der Waals surface area contributed by atoms with Crippen LogP contribution in [0.5, 0.6) is 0 Å². The molecule has 0 spiro atoms. The highest BCUT2D eigenvalue weighted by Gasteiger charge is 2.39. The highest BCUT2D eigenvalue weighted by Crippen LogP contribution is 2.29. The minimum absolute atomic E-state index is 0.0474. The summed E-state index contributed by atoms with van der Waals surface area (Å²) in [6, 6.07) is 0.253. The summed E-state index contributed by atoms with van der Waals surface area (Å²) in [5, 5.41) is 12.5. The van der Waals surface area contributed by atoms with Crippen molar-refractivity contribution in [3.63, 3.8) is 0 Å². The van der Waals surface area contributed by atoms with E-state index in [1.165, 1.54) is 0 Å². The maximum absolute atomic E-state index is 12.7. The van der Waals surface area contributed by atoms with Crippen molar-refractivity contribution in [1.29, 1.82) is 0 Å². The van der Waals surface area contributed by atoms with E-state index in [0.29, 0.717) is 6.54 Å². The van der Waals surface area contributed by atoms with Gasteiger partial charge in [-0.1, -0.05) is 13.8 Å². The van der Waals surface area contributed by atoms with E-state index in [0.717, 1.165) is 38.8 Å². The van der Waals surface area contributed by atoms with Gasteiger partial charge < -0.3 is 15.3 Å². The lowest BCUT2D eigenvalue weighted by atomic mass is 9.81. The van der Waals surface area contributed by atoms with Crippen molar-refractivity contribution in [2.45, 2.75) is 52.5 Å². The van der Waals surface area contributed by atoms with Gasteiger partial charge in [0.2, 0.25) is 5.91 Å². The quantitative estimate of drug-likeness (QED) is 0.755. The first kappa shape index (κ1) is 15.4. The van der Waals surface area contributed by atoms with Crippen LogP contribution in [0.4, 0.5) is 0 Å². The van der Waals surface area contributed by atoms with E-state index >= 15 is 0 Å². The smallest absolute Gasteiger partial charge is 0.230 e. The highest BCUT2D eigenvalue weighted by molar-refractivity contribution is 5.83. The van der Waals surface area contributed by atoms with E-state index in [1.807, 2.05) is 11.8 Å². The summed E-state index contributed by atoms with van der Waals surface area (Å²) in [5.74, 6) is 0.206. The zero-order valence-corrected chi connectivity index (χ0v) is 12.0. The Morgan fingerprint density at radius 3 is 2.56 bits per heavy atom. The first-order valence-electron chi connectivity index (χ1n) is 7.21. The number of piperidine rings is 1. The Morgan fingerprint density at radius 1 is 1.44 bits per heavy atom. The molecule has 0 aromatic carbocycles. The number of aliphatic hydroxyl groups excluding tert-OH is 1. The molecule has 1 aliphatic heterocycles. The van der Waals surface area contributed by atoms with Crippen molar-refractivity contribution in [3.05, 3.63) is 0 Å². The third-order valence-corrected chi connectivity index (χ3v) is 4.10. The molecule has 1 fully saturated rings. The molecule has 0 saturated carbocycles. The summed E-state index contributed by atoms with van der Waals surface area (Å²) in [6.07, 6.45) is 3.90. The molecule has 1 amide bonds. The number of amides is 1. The van der Waals surface area contributed by atoms with Gasteiger partial charge in [-0.05, 0) is 39.2 Å². The van der Waals surface area contributed by atoms with Crippen LogP contribution in [0.15, 0.2) is 0 Å². The molecule has 0 aromatic heterocycles. The molecule has 1 heterocycles. The second-order valence-corrected chi connectivity index (χ2v) is 5.53. The Labute approximate surface area is 111 Å². The van der Waals surface area contributed by atoms with Crippen molar-refractivity contribution in [2.75, 3.05) is 26.2 Å². The van der Waals surface area contributed by atoms with Crippen LogP contribution < -0.4 is 5.32 Å². The third-order valence-electron chi connectivity index (χ3n) is 4.10. The van der Waals surface area contributed by atoms with E-state index in [2.05, 4.69) is 19.2 Å². The van der Waals surface area contributed by atoms with Crippen LogP contribution in [0.25, 0.3) is 0 Å². The van der Waals surface area contributed by atoms with Crippen LogP contribution in [0.3, 0.4) is 0 Å². The Morgan fingerprint density at radius 2 is 2.11 bits per heavy atom. The molecule has 0 bridgehead atoms. The van der Waals surface area contributed by atoms with Gasteiger partial charge in [-0.3, -0.25) is 4.79 Å². The van der Waals surface area contributed by atoms with Crippen LogP contribution >= 0.6 is 0 Å². The van der Waals surface area contributed by atoms with E-state index in [9.17, 15) is 9.90 Å². The summed E-state index contributed by atoms with van der Waals surface area (Å²) < 4.78 is 0. The average molecular weight is 256 g/mol. The summed E-state index contributed by atoms with van der Waals surface area (Å²) in [6.45, 7) is 8.53. The lowest BCUT2D eigenvalue weighted by molar-refractivity contribution is -0.145. The molecule has 106 valence electrons. The monoisotopic (exact) mass is 256 g/mol. The van der Waals surface area contributed by atoms with Crippen molar-refractivity contribution < 1.29 is 9.90 Å². The number of carbonyl (C=O) groups is 1.